The maximum atomic E-state index is 12.5. The average Bonchev–Trinajstić information content (AvgIpc) is 2.84. The van der Waals surface area contributed by atoms with Crippen LogP contribution in [0.25, 0.3) is 0 Å². The first-order valence-corrected chi connectivity index (χ1v) is 11.3. The summed E-state index contributed by atoms with van der Waals surface area (Å²) in [6.45, 7) is 4.56. The highest BCUT2D eigenvalue weighted by molar-refractivity contribution is 6.33. The summed E-state index contributed by atoms with van der Waals surface area (Å²) in [5.41, 5.74) is 2.35. The fraction of sp³-hybridized carbons (Fsp3) is 0.269. The van der Waals surface area contributed by atoms with Gasteiger partial charge in [0.05, 0.1) is 36.9 Å². The van der Waals surface area contributed by atoms with Gasteiger partial charge in [-0.05, 0) is 36.4 Å². The molecule has 4 rings (SSSR count). The van der Waals surface area contributed by atoms with E-state index in [9.17, 15) is 9.90 Å². The zero-order valence-corrected chi connectivity index (χ0v) is 18.7. The predicted octanol–water partition coefficient (Wildman–Crippen LogP) is 2.72. The third-order valence-corrected chi connectivity index (χ3v) is 6.10. The minimum absolute atomic E-state index is 0.0169. The number of ether oxygens (including phenoxy) is 1. The molecule has 1 aliphatic rings. The number of ketones is 1. The monoisotopic (exact) mass is 451 g/mol. The van der Waals surface area contributed by atoms with Gasteiger partial charge in [-0.3, -0.25) is 4.79 Å². The first-order chi connectivity index (χ1) is 15.6. The summed E-state index contributed by atoms with van der Waals surface area (Å²) in [5, 5.41) is 11.2. The molecule has 2 N–H and O–H groups in total. The van der Waals surface area contributed by atoms with E-state index in [0.717, 1.165) is 36.9 Å². The Morgan fingerprint density at radius 2 is 1.56 bits per heavy atom. The zero-order valence-electron chi connectivity index (χ0n) is 17.9. The molecule has 0 aliphatic carbocycles. The van der Waals surface area contributed by atoms with Crippen molar-refractivity contribution in [1.29, 1.82) is 0 Å². The van der Waals surface area contributed by atoms with E-state index in [2.05, 4.69) is 11.0 Å². The number of hydrogen-bond acceptors (Lipinski definition) is 4. The van der Waals surface area contributed by atoms with E-state index in [1.807, 2.05) is 36.4 Å². The van der Waals surface area contributed by atoms with E-state index < -0.39 is 6.10 Å². The highest BCUT2D eigenvalue weighted by atomic mass is 35.5. The van der Waals surface area contributed by atoms with Crippen LogP contribution in [0.15, 0.2) is 78.9 Å². The molecule has 1 atom stereocenters. The van der Waals surface area contributed by atoms with Crippen LogP contribution in [0.2, 0.25) is 5.02 Å². The van der Waals surface area contributed by atoms with Gasteiger partial charge in [-0.1, -0.05) is 54.1 Å². The minimum Gasteiger partial charge on any atom is -0.491 e. The molecule has 6 heteroatoms. The second-order valence-electron chi connectivity index (χ2n) is 8.08. The lowest BCUT2D eigenvalue weighted by Gasteiger charge is -2.34. The number of quaternary nitrogens is 1. The van der Waals surface area contributed by atoms with Gasteiger partial charge < -0.3 is 19.6 Å². The number of carbonyl (C=O) groups excluding carboxylic acids is 1. The molecule has 1 unspecified atom stereocenters. The summed E-state index contributed by atoms with van der Waals surface area (Å²) in [6.07, 6.45) is -0.553. The Hall–Kier alpha value is -2.86. The third kappa shape index (κ3) is 5.68. The van der Waals surface area contributed by atoms with Crippen molar-refractivity contribution in [3.63, 3.8) is 0 Å². The molecule has 0 radical (unpaired) electrons. The molecule has 166 valence electrons. The summed E-state index contributed by atoms with van der Waals surface area (Å²) in [7, 11) is 0. The highest BCUT2D eigenvalue weighted by Gasteiger charge is 2.23. The number of carbonyl (C=O) groups is 1. The number of benzene rings is 3. The molecule has 1 saturated heterocycles. The quantitative estimate of drug-likeness (QED) is 0.517. The second kappa shape index (κ2) is 10.6. The summed E-state index contributed by atoms with van der Waals surface area (Å²) in [4.78, 5) is 16.1. The maximum Gasteiger partial charge on any atom is 0.193 e. The molecule has 3 aromatic rings. The van der Waals surface area contributed by atoms with Crippen molar-refractivity contribution in [1.82, 2.24) is 0 Å². The summed E-state index contributed by atoms with van der Waals surface area (Å²) < 4.78 is 5.75. The highest BCUT2D eigenvalue weighted by Crippen LogP contribution is 2.24. The number of nitrogens with zero attached hydrogens (tertiary/aromatic N) is 1. The van der Waals surface area contributed by atoms with E-state index in [1.165, 1.54) is 4.90 Å². The first kappa shape index (κ1) is 22.3. The Morgan fingerprint density at radius 1 is 0.938 bits per heavy atom. The fourth-order valence-corrected chi connectivity index (χ4v) is 4.27. The average molecular weight is 452 g/mol. The van der Waals surface area contributed by atoms with Crippen LogP contribution in [-0.2, 0) is 0 Å². The van der Waals surface area contributed by atoms with Gasteiger partial charge in [0.1, 0.15) is 25.0 Å². The summed E-state index contributed by atoms with van der Waals surface area (Å²) in [6, 6.07) is 24.2. The zero-order chi connectivity index (χ0) is 22.3. The van der Waals surface area contributed by atoms with Gasteiger partial charge in [0.2, 0.25) is 0 Å². The van der Waals surface area contributed by atoms with Crippen LogP contribution in [0.4, 0.5) is 5.69 Å². The van der Waals surface area contributed by atoms with Gasteiger partial charge in [0, 0.05) is 11.1 Å². The van der Waals surface area contributed by atoms with Crippen LogP contribution < -0.4 is 14.5 Å². The van der Waals surface area contributed by atoms with Crippen LogP contribution in [0, 0.1) is 0 Å². The summed E-state index contributed by atoms with van der Waals surface area (Å²) in [5.74, 6) is 0.629. The Labute approximate surface area is 193 Å². The van der Waals surface area contributed by atoms with Crippen LogP contribution in [-0.4, -0.2) is 56.3 Å². The van der Waals surface area contributed by atoms with Gasteiger partial charge in [-0.2, -0.15) is 0 Å². The molecular weight excluding hydrogens is 424 g/mol. The number of aliphatic hydroxyl groups excluding tert-OH is 1. The fourth-order valence-electron chi connectivity index (χ4n) is 4.02. The number of piperazine rings is 1. The SMILES string of the molecule is O=C(c1ccccc1)c1ccc(OCC(O)C[NH+]2CCN(c3ccccc3Cl)CC2)cc1. The number of nitrogens with one attached hydrogen (secondary N) is 1. The lowest BCUT2D eigenvalue weighted by Crippen LogP contribution is -3.16. The molecule has 1 aliphatic heterocycles. The number of para-hydroxylation sites is 1. The third-order valence-electron chi connectivity index (χ3n) is 5.78. The molecule has 0 amide bonds. The predicted molar refractivity (Wildman–Crippen MR) is 127 cm³/mol. The number of anilines is 1. The van der Waals surface area contributed by atoms with E-state index >= 15 is 0 Å². The molecule has 0 spiro atoms. The van der Waals surface area contributed by atoms with Crippen molar-refractivity contribution in [3.8, 4) is 5.75 Å². The van der Waals surface area contributed by atoms with Crippen molar-refractivity contribution in [2.75, 3.05) is 44.2 Å². The van der Waals surface area contributed by atoms with Crippen molar-refractivity contribution in [2.45, 2.75) is 6.10 Å². The van der Waals surface area contributed by atoms with Crippen molar-refractivity contribution < 1.29 is 19.5 Å². The topological polar surface area (TPSA) is 54.2 Å². The van der Waals surface area contributed by atoms with Crippen LogP contribution >= 0.6 is 11.6 Å². The maximum absolute atomic E-state index is 12.5. The number of rotatable bonds is 8. The molecule has 0 bridgehead atoms. The van der Waals surface area contributed by atoms with Crippen molar-refractivity contribution >= 4 is 23.1 Å². The summed E-state index contributed by atoms with van der Waals surface area (Å²) >= 11 is 6.31. The van der Waals surface area contributed by atoms with Crippen LogP contribution in [0.3, 0.4) is 0 Å². The number of aliphatic hydroxyl groups is 1. The van der Waals surface area contributed by atoms with Crippen molar-refractivity contribution in [2.24, 2.45) is 0 Å². The van der Waals surface area contributed by atoms with E-state index in [-0.39, 0.29) is 12.4 Å². The van der Waals surface area contributed by atoms with E-state index in [4.69, 9.17) is 16.3 Å². The molecule has 0 aromatic heterocycles. The Morgan fingerprint density at radius 3 is 2.25 bits per heavy atom. The normalized spacial score (nSPS) is 15.4. The van der Waals surface area contributed by atoms with Gasteiger partial charge in [-0.15, -0.1) is 0 Å². The Bertz CT molecular complexity index is 1020. The van der Waals surface area contributed by atoms with E-state index in [0.29, 0.717) is 23.4 Å². The van der Waals surface area contributed by atoms with Gasteiger partial charge in [0.25, 0.3) is 0 Å². The van der Waals surface area contributed by atoms with Crippen LogP contribution in [0.1, 0.15) is 15.9 Å². The molecular formula is C26H28ClN2O3+. The molecule has 5 nitrogen and oxygen atoms in total. The Balaban J connectivity index is 1.22. The molecule has 1 heterocycles. The van der Waals surface area contributed by atoms with Gasteiger partial charge in [0.15, 0.2) is 5.78 Å². The largest absolute Gasteiger partial charge is 0.491 e. The lowest BCUT2D eigenvalue weighted by atomic mass is 10.0. The van der Waals surface area contributed by atoms with E-state index in [1.54, 1.807) is 36.4 Å². The lowest BCUT2D eigenvalue weighted by molar-refractivity contribution is -0.903. The van der Waals surface area contributed by atoms with Crippen LogP contribution in [0.5, 0.6) is 5.75 Å². The standard InChI is InChI=1S/C26H27ClN2O3/c27-24-8-4-5-9-25(24)29-16-14-28(15-17-29)18-22(30)19-32-23-12-10-21(11-13-23)26(31)20-6-2-1-3-7-20/h1-13,22,30H,14-19H2/p+1. The molecule has 0 saturated carbocycles. The second-order valence-corrected chi connectivity index (χ2v) is 8.48. The Kier molecular flexibility index (Phi) is 7.43. The molecule has 32 heavy (non-hydrogen) atoms. The minimum atomic E-state index is -0.553. The van der Waals surface area contributed by atoms with Gasteiger partial charge >= 0.3 is 0 Å². The smallest absolute Gasteiger partial charge is 0.193 e. The number of hydrogen-bond donors (Lipinski definition) is 2. The number of halogens is 1. The first-order valence-electron chi connectivity index (χ1n) is 10.9. The van der Waals surface area contributed by atoms with Crippen molar-refractivity contribution in [3.05, 3.63) is 95.0 Å². The molecule has 3 aromatic carbocycles. The van der Waals surface area contributed by atoms with Gasteiger partial charge in [-0.25, -0.2) is 0 Å². The molecule has 1 fully saturated rings.